The molecule has 122 valence electrons. The van der Waals surface area contributed by atoms with E-state index in [2.05, 4.69) is 15.5 Å². The van der Waals surface area contributed by atoms with E-state index < -0.39 is 0 Å². The van der Waals surface area contributed by atoms with Crippen LogP contribution in [-0.2, 0) is 5.75 Å². The van der Waals surface area contributed by atoms with Gasteiger partial charge in [0.15, 0.2) is 11.6 Å². The first-order valence-corrected chi connectivity index (χ1v) is 8.61. The molecule has 0 unspecified atom stereocenters. The lowest BCUT2D eigenvalue weighted by Gasteiger charge is -2.05. The normalized spacial score (nSPS) is 10.6. The summed E-state index contributed by atoms with van der Waals surface area (Å²) >= 11 is 13.5. The average molecular weight is 380 g/mol. The lowest BCUT2D eigenvalue weighted by molar-refractivity contribution is 0.0996. The molecule has 1 amide bonds. The number of rotatable bonds is 5. The SMILES string of the molecule is O=C(Nc1ccc(SCc2ccc(Cl)cc2Cl)nn1)c1ccco1. The van der Waals surface area contributed by atoms with Crippen molar-refractivity contribution in [2.24, 2.45) is 0 Å². The number of nitrogens with zero attached hydrogens (tertiary/aromatic N) is 2. The molecule has 0 bridgehead atoms. The number of aromatic nitrogens is 2. The molecule has 0 saturated heterocycles. The number of nitrogens with one attached hydrogen (secondary N) is 1. The predicted molar refractivity (Wildman–Crippen MR) is 94.7 cm³/mol. The first-order valence-electron chi connectivity index (χ1n) is 6.87. The second-order valence-electron chi connectivity index (χ2n) is 4.71. The van der Waals surface area contributed by atoms with Gasteiger partial charge < -0.3 is 9.73 Å². The van der Waals surface area contributed by atoms with Crippen LogP contribution in [0.2, 0.25) is 10.0 Å². The molecule has 24 heavy (non-hydrogen) atoms. The Bertz CT molecular complexity index is 839. The molecule has 3 rings (SSSR count). The van der Waals surface area contributed by atoms with Crippen molar-refractivity contribution in [2.45, 2.75) is 10.8 Å². The number of halogens is 2. The third-order valence-corrected chi connectivity index (χ3v) is 4.57. The number of furan rings is 1. The van der Waals surface area contributed by atoms with E-state index in [1.807, 2.05) is 6.07 Å². The van der Waals surface area contributed by atoms with Gasteiger partial charge in [0.1, 0.15) is 5.03 Å². The van der Waals surface area contributed by atoms with Crippen LogP contribution in [0.15, 0.2) is 58.2 Å². The highest BCUT2D eigenvalue weighted by molar-refractivity contribution is 7.98. The van der Waals surface area contributed by atoms with Gasteiger partial charge in [-0.3, -0.25) is 4.79 Å². The van der Waals surface area contributed by atoms with Gasteiger partial charge in [-0.1, -0.05) is 41.0 Å². The summed E-state index contributed by atoms with van der Waals surface area (Å²) < 4.78 is 5.01. The number of carbonyl (C=O) groups excluding carboxylic acids is 1. The summed E-state index contributed by atoms with van der Waals surface area (Å²) in [6.45, 7) is 0. The summed E-state index contributed by atoms with van der Waals surface area (Å²) in [6.07, 6.45) is 1.43. The first-order chi connectivity index (χ1) is 11.6. The molecule has 0 fully saturated rings. The van der Waals surface area contributed by atoms with Crippen LogP contribution in [0, 0.1) is 0 Å². The van der Waals surface area contributed by atoms with E-state index in [0.717, 1.165) is 10.6 Å². The van der Waals surface area contributed by atoms with E-state index >= 15 is 0 Å². The Kier molecular flexibility index (Phi) is 5.40. The highest BCUT2D eigenvalue weighted by atomic mass is 35.5. The predicted octanol–water partition coefficient (Wildman–Crippen LogP) is 4.92. The molecule has 5 nitrogen and oxygen atoms in total. The molecule has 0 atom stereocenters. The summed E-state index contributed by atoms with van der Waals surface area (Å²) in [4.78, 5) is 11.8. The Morgan fingerprint density at radius 2 is 2.04 bits per heavy atom. The van der Waals surface area contributed by atoms with Crippen LogP contribution in [-0.4, -0.2) is 16.1 Å². The number of anilines is 1. The fraction of sp³-hybridized carbons (Fsp3) is 0.0625. The van der Waals surface area contributed by atoms with E-state index in [-0.39, 0.29) is 11.7 Å². The number of hydrogen-bond acceptors (Lipinski definition) is 5. The first kappa shape index (κ1) is 16.8. The molecule has 0 aliphatic rings. The second kappa shape index (κ2) is 7.70. The van der Waals surface area contributed by atoms with Crippen molar-refractivity contribution in [1.82, 2.24) is 10.2 Å². The van der Waals surface area contributed by atoms with E-state index in [9.17, 15) is 4.79 Å². The zero-order valence-corrected chi connectivity index (χ0v) is 14.5. The lowest BCUT2D eigenvalue weighted by atomic mass is 10.2. The maximum atomic E-state index is 11.8. The second-order valence-corrected chi connectivity index (χ2v) is 6.55. The van der Waals surface area contributed by atoms with Crippen molar-refractivity contribution in [2.75, 3.05) is 5.32 Å². The van der Waals surface area contributed by atoms with E-state index in [1.54, 1.807) is 36.4 Å². The quantitative estimate of drug-likeness (QED) is 0.637. The fourth-order valence-electron chi connectivity index (χ4n) is 1.84. The Morgan fingerprint density at radius 1 is 1.17 bits per heavy atom. The van der Waals surface area contributed by atoms with Crippen LogP contribution in [0.25, 0.3) is 0 Å². The Morgan fingerprint density at radius 3 is 2.71 bits per heavy atom. The maximum absolute atomic E-state index is 11.8. The van der Waals surface area contributed by atoms with Gasteiger partial charge in [-0.05, 0) is 42.0 Å². The molecular weight excluding hydrogens is 369 g/mol. The molecule has 0 saturated carbocycles. The summed E-state index contributed by atoms with van der Waals surface area (Å²) in [5.41, 5.74) is 0.961. The number of benzene rings is 1. The van der Waals surface area contributed by atoms with Gasteiger partial charge in [0, 0.05) is 15.8 Å². The lowest BCUT2D eigenvalue weighted by Crippen LogP contribution is -2.12. The highest BCUT2D eigenvalue weighted by Crippen LogP contribution is 2.27. The molecule has 1 aromatic carbocycles. The zero-order chi connectivity index (χ0) is 16.9. The number of amides is 1. The van der Waals surface area contributed by atoms with Crippen LogP contribution >= 0.6 is 35.0 Å². The Hall–Kier alpha value is -2.02. The van der Waals surface area contributed by atoms with Crippen LogP contribution in [0.5, 0.6) is 0 Å². The summed E-state index contributed by atoms with van der Waals surface area (Å²) in [6, 6.07) is 12.0. The summed E-state index contributed by atoms with van der Waals surface area (Å²) in [5.74, 6) is 0.837. The molecule has 0 spiro atoms. The molecule has 8 heteroatoms. The molecule has 0 aliphatic heterocycles. The van der Waals surface area contributed by atoms with Crippen molar-refractivity contribution in [1.29, 1.82) is 0 Å². The smallest absolute Gasteiger partial charge is 0.292 e. The van der Waals surface area contributed by atoms with E-state index in [0.29, 0.717) is 21.6 Å². The van der Waals surface area contributed by atoms with Crippen LogP contribution < -0.4 is 5.32 Å². The number of carbonyl (C=O) groups is 1. The van der Waals surface area contributed by atoms with E-state index in [1.165, 1.54) is 18.0 Å². The number of thioether (sulfide) groups is 1. The maximum Gasteiger partial charge on any atom is 0.292 e. The third-order valence-electron chi connectivity index (χ3n) is 3.02. The van der Waals surface area contributed by atoms with Crippen LogP contribution in [0.1, 0.15) is 16.1 Å². The zero-order valence-electron chi connectivity index (χ0n) is 12.2. The van der Waals surface area contributed by atoms with Gasteiger partial charge in [-0.15, -0.1) is 10.2 Å². The molecule has 2 aromatic heterocycles. The van der Waals surface area contributed by atoms with Gasteiger partial charge in [-0.25, -0.2) is 0 Å². The molecule has 2 heterocycles. The van der Waals surface area contributed by atoms with Gasteiger partial charge in [0.25, 0.3) is 5.91 Å². The molecule has 0 aliphatic carbocycles. The Labute approximate surface area is 152 Å². The van der Waals surface area contributed by atoms with Crippen molar-refractivity contribution >= 4 is 46.7 Å². The summed E-state index contributed by atoms with van der Waals surface area (Å²) in [7, 11) is 0. The molecular formula is C16H11Cl2N3O2S. The minimum Gasteiger partial charge on any atom is -0.459 e. The molecule has 1 N–H and O–H groups in total. The van der Waals surface area contributed by atoms with Crippen LogP contribution in [0.3, 0.4) is 0 Å². The molecule has 0 radical (unpaired) electrons. The topological polar surface area (TPSA) is 68.0 Å². The van der Waals surface area contributed by atoms with Crippen molar-refractivity contribution in [3.63, 3.8) is 0 Å². The Balaban J connectivity index is 1.59. The van der Waals surface area contributed by atoms with Gasteiger partial charge >= 0.3 is 0 Å². The van der Waals surface area contributed by atoms with Gasteiger partial charge in [-0.2, -0.15) is 0 Å². The van der Waals surface area contributed by atoms with Crippen molar-refractivity contribution in [3.8, 4) is 0 Å². The van der Waals surface area contributed by atoms with Crippen molar-refractivity contribution < 1.29 is 9.21 Å². The largest absolute Gasteiger partial charge is 0.459 e. The minimum atomic E-state index is -0.373. The van der Waals surface area contributed by atoms with Crippen LogP contribution in [0.4, 0.5) is 5.82 Å². The fourth-order valence-corrected chi connectivity index (χ4v) is 3.21. The van der Waals surface area contributed by atoms with E-state index in [4.69, 9.17) is 27.6 Å². The van der Waals surface area contributed by atoms with Gasteiger partial charge in [0.05, 0.1) is 6.26 Å². The standard InChI is InChI=1S/C16H11Cl2N3O2S/c17-11-4-3-10(12(18)8-11)9-24-15-6-5-14(20-21-15)19-16(22)13-2-1-7-23-13/h1-8H,9H2,(H,19,20,22). The molecule has 3 aromatic rings. The number of hydrogen-bond donors (Lipinski definition) is 1. The van der Waals surface area contributed by atoms with Gasteiger partial charge in [0.2, 0.25) is 0 Å². The summed E-state index contributed by atoms with van der Waals surface area (Å²) in [5, 5.41) is 12.6. The monoisotopic (exact) mass is 379 g/mol. The minimum absolute atomic E-state index is 0.215. The third kappa shape index (κ3) is 4.29. The highest BCUT2D eigenvalue weighted by Gasteiger charge is 2.10. The average Bonchev–Trinajstić information content (AvgIpc) is 3.10. The van der Waals surface area contributed by atoms with Crippen molar-refractivity contribution in [3.05, 3.63) is 70.1 Å².